The molecule has 10 rings (SSSR count). The zero-order chi connectivity index (χ0) is 44.3. The Labute approximate surface area is 308 Å². The van der Waals surface area contributed by atoms with Gasteiger partial charge in [0.2, 0.25) is 0 Å². The summed E-state index contributed by atoms with van der Waals surface area (Å²) in [6.45, 7) is 0. The van der Waals surface area contributed by atoms with E-state index < -0.39 is 85.0 Å². The number of fused-ring (bicyclic) bond motifs is 6. The molecular formula is C49H32O. The van der Waals surface area contributed by atoms with E-state index >= 15 is 0 Å². The van der Waals surface area contributed by atoms with E-state index in [-0.39, 0.29) is 38.2 Å². The maximum atomic E-state index is 9.42. The standard InChI is InChI=1S/C49H32O/c1-3-15-32(16-4-1)31-45-37-21-9-11-23-40(37)47(41-24-12-10-22-38(41)45)42-30-29-39(35-19-7-8-20-36(35)42)43-26-13-27-44-48-34(33-17-5-2-6-18-33)25-14-28-46(48)50-49(43)44/h1-30H,31H2/i1D,3D,4D,9D,10D,11D,12D,15D,16D,21D,22D,23D,24D. The van der Waals surface area contributed by atoms with Crippen molar-refractivity contribution in [3.63, 3.8) is 0 Å². The Morgan fingerprint density at radius 1 is 0.420 bits per heavy atom. The van der Waals surface area contributed by atoms with Crippen LogP contribution in [0.25, 0.3) is 87.6 Å². The highest BCUT2D eigenvalue weighted by Crippen LogP contribution is 2.46. The van der Waals surface area contributed by atoms with Crippen molar-refractivity contribution in [3.05, 3.63) is 193 Å². The molecule has 0 radical (unpaired) electrons. The summed E-state index contributed by atoms with van der Waals surface area (Å²) in [5.41, 5.74) is 5.36. The third-order valence-corrected chi connectivity index (χ3v) is 9.47. The maximum Gasteiger partial charge on any atom is 0.143 e. The van der Waals surface area contributed by atoms with E-state index in [1.807, 2.05) is 78.9 Å². The summed E-state index contributed by atoms with van der Waals surface area (Å²) in [4.78, 5) is 0. The smallest absolute Gasteiger partial charge is 0.143 e. The van der Waals surface area contributed by atoms with E-state index in [0.717, 1.165) is 38.4 Å². The molecule has 0 atom stereocenters. The summed E-state index contributed by atoms with van der Waals surface area (Å²) in [6, 6.07) is 26.0. The van der Waals surface area contributed by atoms with Gasteiger partial charge in [-0.15, -0.1) is 0 Å². The number of para-hydroxylation sites is 1. The molecule has 0 amide bonds. The van der Waals surface area contributed by atoms with Crippen molar-refractivity contribution >= 4 is 54.3 Å². The minimum atomic E-state index is -0.619. The Bertz CT molecular complexity index is 3520. The normalized spacial score (nSPS) is 15.3. The Balaban J connectivity index is 1.33. The van der Waals surface area contributed by atoms with Crippen LogP contribution in [0.5, 0.6) is 0 Å². The Hall–Kier alpha value is -6.44. The van der Waals surface area contributed by atoms with Gasteiger partial charge in [-0.2, -0.15) is 0 Å². The molecule has 1 heterocycles. The van der Waals surface area contributed by atoms with Gasteiger partial charge in [0.1, 0.15) is 11.2 Å². The predicted octanol–water partition coefficient (Wildman–Crippen LogP) is 13.6. The van der Waals surface area contributed by atoms with E-state index in [9.17, 15) is 5.48 Å². The Kier molecular flexibility index (Phi) is 4.26. The van der Waals surface area contributed by atoms with Gasteiger partial charge in [0.05, 0.1) is 17.8 Å². The van der Waals surface area contributed by atoms with Crippen LogP contribution in [-0.4, -0.2) is 0 Å². The second-order valence-electron chi connectivity index (χ2n) is 12.2. The number of hydrogen-bond acceptors (Lipinski definition) is 1. The number of rotatable bonds is 5. The van der Waals surface area contributed by atoms with Crippen molar-refractivity contribution in [3.8, 4) is 33.4 Å². The predicted molar refractivity (Wildman–Crippen MR) is 212 cm³/mol. The minimum Gasteiger partial charge on any atom is -0.455 e. The van der Waals surface area contributed by atoms with E-state index in [0.29, 0.717) is 22.1 Å². The van der Waals surface area contributed by atoms with Crippen LogP contribution in [-0.2, 0) is 6.42 Å². The van der Waals surface area contributed by atoms with Gasteiger partial charge in [0.15, 0.2) is 0 Å². The van der Waals surface area contributed by atoms with Crippen molar-refractivity contribution in [2.45, 2.75) is 6.42 Å². The Morgan fingerprint density at radius 2 is 1.00 bits per heavy atom. The third-order valence-electron chi connectivity index (χ3n) is 9.47. The van der Waals surface area contributed by atoms with Crippen LogP contribution in [0.3, 0.4) is 0 Å². The molecule has 0 aliphatic carbocycles. The fraction of sp³-hybridized carbons (Fsp3) is 0.0204. The van der Waals surface area contributed by atoms with Crippen molar-refractivity contribution in [1.82, 2.24) is 0 Å². The van der Waals surface area contributed by atoms with Crippen LogP contribution in [0.15, 0.2) is 186 Å². The van der Waals surface area contributed by atoms with Crippen LogP contribution in [0.1, 0.15) is 28.9 Å². The SMILES string of the molecule is [2H]c1c([2H])c([2H])c(Cc2c3c([2H])c([2H])c([2H])c([2H])c3c(-c3ccc(-c4cccc5c4oc4cccc(-c6ccccc6)c45)c4ccccc34)c3c([2H])c([2H])c([2H])c([2H])c23)c([2H])c1[2H]. The maximum absolute atomic E-state index is 9.42. The molecule has 1 nitrogen and oxygen atoms in total. The molecular weight excluding hydrogens is 605 g/mol. The van der Waals surface area contributed by atoms with Crippen LogP contribution in [0.4, 0.5) is 0 Å². The van der Waals surface area contributed by atoms with Gasteiger partial charge in [0, 0.05) is 16.3 Å². The average Bonchev–Trinajstić information content (AvgIpc) is 3.70. The molecule has 1 aromatic heterocycles. The van der Waals surface area contributed by atoms with Gasteiger partial charge in [-0.1, -0.05) is 176 Å². The molecule has 0 saturated carbocycles. The van der Waals surface area contributed by atoms with Crippen molar-refractivity contribution in [2.75, 3.05) is 0 Å². The molecule has 0 fully saturated rings. The van der Waals surface area contributed by atoms with Gasteiger partial charge >= 0.3 is 0 Å². The molecule has 50 heavy (non-hydrogen) atoms. The van der Waals surface area contributed by atoms with Crippen LogP contribution < -0.4 is 0 Å². The zero-order valence-corrected chi connectivity index (χ0v) is 26.4. The molecule has 0 aliphatic rings. The van der Waals surface area contributed by atoms with Crippen LogP contribution in [0.2, 0.25) is 0 Å². The summed E-state index contributed by atoms with van der Waals surface area (Å²) >= 11 is 0. The highest BCUT2D eigenvalue weighted by Gasteiger charge is 2.20. The number of furan rings is 1. The van der Waals surface area contributed by atoms with Crippen LogP contribution >= 0.6 is 0 Å². The molecule has 0 aliphatic heterocycles. The van der Waals surface area contributed by atoms with Gasteiger partial charge in [-0.25, -0.2) is 0 Å². The number of benzene rings is 9. The summed E-state index contributed by atoms with van der Waals surface area (Å²) in [5.74, 6) is 0. The quantitative estimate of drug-likeness (QED) is 0.169. The van der Waals surface area contributed by atoms with Gasteiger partial charge in [0.25, 0.3) is 0 Å². The fourth-order valence-electron chi connectivity index (χ4n) is 7.36. The Morgan fingerprint density at radius 3 is 1.74 bits per heavy atom. The summed E-state index contributed by atoms with van der Waals surface area (Å²) < 4.78 is 122. The van der Waals surface area contributed by atoms with Crippen molar-refractivity contribution < 1.29 is 22.2 Å². The highest BCUT2D eigenvalue weighted by atomic mass is 16.3. The lowest BCUT2D eigenvalue weighted by Gasteiger charge is -2.19. The summed E-state index contributed by atoms with van der Waals surface area (Å²) in [7, 11) is 0. The molecule has 9 aromatic carbocycles. The second kappa shape index (κ2) is 11.6. The second-order valence-corrected chi connectivity index (χ2v) is 12.2. The largest absolute Gasteiger partial charge is 0.455 e. The molecule has 0 spiro atoms. The van der Waals surface area contributed by atoms with Crippen molar-refractivity contribution in [1.29, 1.82) is 0 Å². The topological polar surface area (TPSA) is 13.1 Å². The zero-order valence-electron chi connectivity index (χ0n) is 39.4. The van der Waals surface area contributed by atoms with Crippen LogP contribution in [0, 0.1) is 0 Å². The molecule has 10 aromatic rings. The summed E-state index contributed by atoms with van der Waals surface area (Å²) in [6.07, 6.45) is -0.500. The van der Waals surface area contributed by atoms with E-state index in [4.69, 9.17) is 16.8 Å². The lowest BCUT2D eigenvalue weighted by Crippen LogP contribution is -1.96. The summed E-state index contributed by atoms with van der Waals surface area (Å²) in [5, 5.41) is 2.98. The molecule has 1 heteroatoms. The van der Waals surface area contributed by atoms with E-state index in [1.165, 1.54) is 0 Å². The molecule has 0 N–H and O–H groups in total. The monoisotopic (exact) mass is 649 g/mol. The fourth-order valence-corrected chi connectivity index (χ4v) is 7.36. The first kappa shape index (κ1) is 18.4. The molecule has 0 bridgehead atoms. The van der Waals surface area contributed by atoms with Crippen molar-refractivity contribution in [2.24, 2.45) is 0 Å². The lowest BCUT2D eigenvalue weighted by molar-refractivity contribution is 0.670. The first-order valence-electron chi connectivity index (χ1n) is 22.8. The minimum absolute atomic E-state index is 0.0198. The third kappa shape index (κ3) is 4.48. The van der Waals surface area contributed by atoms with E-state index in [1.54, 1.807) is 6.07 Å². The average molecular weight is 650 g/mol. The molecule has 0 unspecified atom stereocenters. The molecule has 234 valence electrons. The molecule has 0 saturated heterocycles. The number of hydrogen-bond donors (Lipinski definition) is 0. The first-order valence-corrected chi connectivity index (χ1v) is 16.3. The first-order chi connectivity index (χ1) is 30.2. The lowest BCUT2D eigenvalue weighted by atomic mass is 9.84. The van der Waals surface area contributed by atoms with Gasteiger partial charge in [-0.3, -0.25) is 0 Å². The van der Waals surface area contributed by atoms with Gasteiger partial charge in [-0.05, 0) is 83.7 Å². The van der Waals surface area contributed by atoms with Gasteiger partial charge < -0.3 is 4.42 Å². The highest BCUT2D eigenvalue weighted by molar-refractivity contribution is 6.21. The van der Waals surface area contributed by atoms with E-state index in [2.05, 4.69) is 18.2 Å².